The Labute approximate surface area is 104 Å². The summed E-state index contributed by atoms with van der Waals surface area (Å²) in [6, 6.07) is -1.01. The third kappa shape index (κ3) is 11.1. The Bertz CT molecular complexity index is 270. The Hall–Kier alpha value is -1.38. The predicted octanol–water partition coefficient (Wildman–Crippen LogP) is -0.242. The zero-order valence-corrected chi connectivity index (χ0v) is 10.0. The number of azide groups is 1. The highest BCUT2D eigenvalue weighted by atomic mass is 16.5. The van der Waals surface area contributed by atoms with Crippen LogP contribution in [0.15, 0.2) is 5.11 Å². The van der Waals surface area contributed by atoms with E-state index in [9.17, 15) is 4.79 Å². The molecule has 0 aromatic heterocycles. The van der Waals surface area contributed by atoms with Gasteiger partial charge in [0.2, 0.25) is 0 Å². The number of nitrogens with zero attached hydrogens (tertiary/aromatic N) is 3. The lowest BCUT2D eigenvalue weighted by Crippen LogP contribution is -2.35. The van der Waals surface area contributed by atoms with Crippen LogP contribution in [0, 0.1) is 0 Å². The lowest BCUT2D eigenvalue weighted by atomic mass is 10.3. The minimum absolute atomic E-state index is 0.0403. The molecule has 0 aromatic carbocycles. The van der Waals surface area contributed by atoms with Crippen molar-refractivity contribution in [3.05, 3.63) is 10.4 Å². The van der Waals surface area contributed by atoms with E-state index >= 15 is 0 Å². The lowest BCUT2D eigenvalue weighted by molar-refractivity contribution is -0.140. The predicted molar refractivity (Wildman–Crippen MR) is 62.1 cm³/mol. The number of carboxylic acid groups (broad SMARTS) is 1. The van der Waals surface area contributed by atoms with Gasteiger partial charge in [0, 0.05) is 11.5 Å². The molecule has 1 atom stereocenters. The maximum Gasteiger partial charge on any atom is 0.322 e. The van der Waals surface area contributed by atoms with Gasteiger partial charge in [0.1, 0.15) is 6.04 Å². The van der Waals surface area contributed by atoms with Gasteiger partial charge >= 0.3 is 5.97 Å². The highest BCUT2D eigenvalue weighted by Gasteiger charge is 2.10. The minimum Gasteiger partial charge on any atom is -0.480 e. The topological polar surface area (TPSA) is 140 Å². The average Bonchev–Trinajstić information content (AvgIpc) is 2.35. The molecule has 0 fully saturated rings. The van der Waals surface area contributed by atoms with Crippen LogP contribution >= 0.6 is 0 Å². The fraction of sp³-hybridized carbons (Fsp3) is 0.889. The number of rotatable bonds is 12. The average molecular weight is 262 g/mol. The van der Waals surface area contributed by atoms with Crippen LogP contribution in [0.3, 0.4) is 0 Å². The number of aliphatic carboxylic acids is 1. The molecule has 18 heavy (non-hydrogen) atoms. The summed E-state index contributed by atoms with van der Waals surface area (Å²) in [7, 11) is 0. The summed E-state index contributed by atoms with van der Waals surface area (Å²) >= 11 is 0. The standard InChI is InChI=1S/C9H18N4O5/c10-8(9(14)15)7-18-6-5-17-4-3-16-2-1-12-13-11/h8H,1-7,10H2,(H,14,15). The van der Waals surface area contributed by atoms with Crippen LogP contribution in [0.5, 0.6) is 0 Å². The highest BCUT2D eigenvalue weighted by molar-refractivity contribution is 5.73. The molecule has 104 valence electrons. The second-order valence-corrected chi connectivity index (χ2v) is 3.20. The molecule has 3 N–H and O–H groups in total. The first-order valence-corrected chi connectivity index (χ1v) is 5.41. The molecule has 0 saturated carbocycles. The van der Waals surface area contributed by atoms with Gasteiger partial charge in [0.05, 0.1) is 39.6 Å². The smallest absolute Gasteiger partial charge is 0.322 e. The van der Waals surface area contributed by atoms with E-state index in [1.807, 2.05) is 0 Å². The summed E-state index contributed by atoms with van der Waals surface area (Å²) in [5, 5.41) is 11.8. The van der Waals surface area contributed by atoms with Crippen molar-refractivity contribution in [1.82, 2.24) is 0 Å². The van der Waals surface area contributed by atoms with Crippen LogP contribution < -0.4 is 5.73 Å². The normalized spacial score (nSPS) is 11.8. The van der Waals surface area contributed by atoms with E-state index in [0.29, 0.717) is 33.0 Å². The third-order valence-corrected chi connectivity index (χ3v) is 1.76. The first-order valence-electron chi connectivity index (χ1n) is 5.41. The summed E-state index contributed by atoms with van der Waals surface area (Å²) < 4.78 is 15.2. The van der Waals surface area contributed by atoms with Gasteiger partial charge in [-0.25, -0.2) is 0 Å². The second kappa shape index (κ2) is 12.1. The molecular weight excluding hydrogens is 244 g/mol. The van der Waals surface area contributed by atoms with Crippen molar-refractivity contribution < 1.29 is 24.1 Å². The van der Waals surface area contributed by atoms with Crippen molar-refractivity contribution in [2.45, 2.75) is 6.04 Å². The van der Waals surface area contributed by atoms with E-state index in [4.69, 9.17) is 30.6 Å². The molecule has 0 aliphatic carbocycles. The zero-order valence-electron chi connectivity index (χ0n) is 10.0. The SMILES string of the molecule is [N-]=[N+]=NCCOCCOCCOCC(N)C(=O)O. The van der Waals surface area contributed by atoms with E-state index in [2.05, 4.69) is 10.0 Å². The van der Waals surface area contributed by atoms with Crippen molar-refractivity contribution >= 4 is 5.97 Å². The number of carboxylic acids is 1. The Morgan fingerprint density at radius 3 is 2.33 bits per heavy atom. The largest absolute Gasteiger partial charge is 0.480 e. The van der Waals surface area contributed by atoms with Crippen molar-refractivity contribution in [3.8, 4) is 0 Å². The van der Waals surface area contributed by atoms with Gasteiger partial charge in [-0.05, 0) is 5.53 Å². The Balaban J connectivity index is 3.12. The fourth-order valence-electron chi connectivity index (χ4n) is 0.872. The molecule has 0 aromatic rings. The van der Waals surface area contributed by atoms with Crippen LogP contribution in [-0.2, 0) is 19.0 Å². The van der Waals surface area contributed by atoms with E-state index in [-0.39, 0.29) is 13.2 Å². The van der Waals surface area contributed by atoms with Crippen LogP contribution in [0.4, 0.5) is 0 Å². The van der Waals surface area contributed by atoms with Gasteiger partial charge in [0.25, 0.3) is 0 Å². The van der Waals surface area contributed by atoms with Crippen molar-refractivity contribution in [1.29, 1.82) is 0 Å². The minimum atomic E-state index is -1.09. The second-order valence-electron chi connectivity index (χ2n) is 3.20. The summed E-state index contributed by atoms with van der Waals surface area (Å²) in [5.41, 5.74) is 13.2. The maximum atomic E-state index is 10.3. The summed E-state index contributed by atoms with van der Waals surface area (Å²) in [6.45, 7) is 2.03. The zero-order chi connectivity index (χ0) is 13.6. The molecule has 0 aliphatic rings. The van der Waals surface area contributed by atoms with E-state index in [0.717, 1.165) is 0 Å². The molecular formula is C9H18N4O5. The quantitative estimate of drug-likeness (QED) is 0.215. The van der Waals surface area contributed by atoms with Crippen molar-refractivity contribution in [2.24, 2.45) is 10.8 Å². The molecule has 1 unspecified atom stereocenters. The van der Waals surface area contributed by atoms with Gasteiger partial charge in [-0.2, -0.15) is 0 Å². The number of carbonyl (C=O) groups is 1. The molecule has 0 bridgehead atoms. The van der Waals surface area contributed by atoms with E-state index < -0.39 is 12.0 Å². The Morgan fingerprint density at radius 2 is 1.78 bits per heavy atom. The molecule has 0 aliphatic heterocycles. The van der Waals surface area contributed by atoms with Crippen LogP contribution in [-0.4, -0.2) is 63.3 Å². The summed E-state index contributed by atoms with van der Waals surface area (Å²) in [6.07, 6.45) is 0. The Kier molecular flexibility index (Phi) is 11.2. The number of hydrogen-bond donors (Lipinski definition) is 2. The maximum absolute atomic E-state index is 10.3. The lowest BCUT2D eigenvalue weighted by Gasteiger charge is -2.08. The number of nitrogens with two attached hydrogens (primary N) is 1. The molecule has 0 saturated heterocycles. The van der Waals surface area contributed by atoms with Crippen LogP contribution in [0.2, 0.25) is 0 Å². The van der Waals surface area contributed by atoms with Gasteiger partial charge in [0.15, 0.2) is 0 Å². The van der Waals surface area contributed by atoms with Crippen LogP contribution in [0.1, 0.15) is 0 Å². The molecule has 0 radical (unpaired) electrons. The molecule has 0 amide bonds. The third-order valence-electron chi connectivity index (χ3n) is 1.76. The van der Waals surface area contributed by atoms with Crippen molar-refractivity contribution in [3.63, 3.8) is 0 Å². The molecule has 0 rings (SSSR count). The van der Waals surface area contributed by atoms with Gasteiger partial charge < -0.3 is 25.1 Å². The fourth-order valence-corrected chi connectivity index (χ4v) is 0.872. The first-order chi connectivity index (χ1) is 8.68. The summed E-state index contributed by atoms with van der Waals surface area (Å²) in [4.78, 5) is 12.9. The van der Waals surface area contributed by atoms with Gasteiger partial charge in [-0.1, -0.05) is 5.11 Å². The monoisotopic (exact) mass is 262 g/mol. The van der Waals surface area contributed by atoms with Crippen LogP contribution in [0.25, 0.3) is 10.4 Å². The molecule has 0 spiro atoms. The molecule has 9 heteroatoms. The highest BCUT2D eigenvalue weighted by Crippen LogP contribution is 1.85. The first kappa shape index (κ1) is 16.6. The van der Waals surface area contributed by atoms with Gasteiger partial charge in [-0.3, -0.25) is 4.79 Å². The van der Waals surface area contributed by atoms with Gasteiger partial charge in [-0.15, -0.1) is 0 Å². The number of hydrogen-bond acceptors (Lipinski definition) is 6. The van der Waals surface area contributed by atoms with Crippen molar-refractivity contribution in [2.75, 3.05) is 46.2 Å². The Morgan fingerprint density at radius 1 is 1.22 bits per heavy atom. The molecule has 0 heterocycles. The van der Waals surface area contributed by atoms with E-state index in [1.165, 1.54) is 0 Å². The van der Waals surface area contributed by atoms with E-state index in [1.54, 1.807) is 0 Å². The summed E-state index contributed by atoms with van der Waals surface area (Å²) in [5.74, 6) is -1.09. The molecule has 9 nitrogen and oxygen atoms in total. The number of ether oxygens (including phenoxy) is 3.